The van der Waals surface area contributed by atoms with Crippen LogP contribution in [0.3, 0.4) is 0 Å². The quantitative estimate of drug-likeness (QED) is 0.560. The van der Waals surface area contributed by atoms with Gasteiger partial charge in [0, 0.05) is 0 Å². The number of amides is 2. The number of nitrogens with one attached hydrogen (secondary N) is 3. The van der Waals surface area contributed by atoms with Crippen LogP contribution in [0.2, 0.25) is 0 Å². The third-order valence-corrected chi connectivity index (χ3v) is 4.36. The number of ether oxygens (including phenoxy) is 1. The van der Waals surface area contributed by atoms with E-state index in [0.717, 1.165) is 23.0 Å². The predicted molar refractivity (Wildman–Crippen MR) is 108 cm³/mol. The van der Waals surface area contributed by atoms with Gasteiger partial charge in [-0.25, -0.2) is 4.98 Å². The van der Waals surface area contributed by atoms with Crippen LogP contribution in [0.25, 0.3) is 11.0 Å². The van der Waals surface area contributed by atoms with E-state index in [4.69, 9.17) is 4.74 Å². The molecule has 146 valence electrons. The Labute approximate surface area is 163 Å². The van der Waals surface area contributed by atoms with E-state index in [0.29, 0.717) is 18.1 Å². The van der Waals surface area contributed by atoms with Crippen LogP contribution >= 0.6 is 0 Å². The first-order valence-corrected chi connectivity index (χ1v) is 9.27. The maximum absolute atomic E-state index is 12.7. The molecule has 0 aliphatic carbocycles. The van der Waals surface area contributed by atoms with Crippen LogP contribution in [0.15, 0.2) is 48.5 Å². The number of hydrogen-bond acceptors (Lipinski definition) is 4. The lowest BCUT2D eigenvalue weighted by molar-refractivity contribution is -0.126. The number of H-pyrrole nitrogens is 1. The number of hydrogen-bond donors (Lipinski definition) is 3. The molecule has 0 spiro atoms. The average Bonchev–Trinajstić information content (AvgIpc) is 3.10. The van der Waals surface area contributed by atoms with Gasteiger partial charge in [-0.1, -0.05) is 37.6 Å². The van der Waals surface area contributed by atoms with Gasteiger partial charge < -0.3 is 15.0 Å². The van der Waals surface area contributed by atoms with Crippen molar-refractivity contribution in [3.05, 3.63) is 54.1 Å². The summed E-state index contributed by atoms with van der Waals surface area (Å²) in [6.07, 6.45) is 1.48. The standard InChI is InChI=1S/C21H24N4O3/c1-3-7-18(22-19(26)13-14-8-6-9-15(12-14)28-2)20(27)25-21-23-16-10-4-5-11-17(16)24-21/h4-6,8-12,18H,3,7,13H2,1-2H3,(H,22,26)(H2,23,24,25,27)/t18-/m0/s1. The first-order valence-electron chi connectivity index (χ1n) is 9.27. The normalized spacial score (nSPS) is 11.8. The summed E-state index contributed by atoms with van der Waals surface area (Å²) in [5.41, 5.74) is 2.43. The maximum Gasteiger partial charge on any atom is 0.249 e. The first kappa shape index (κ1) is 19.4. The molecule has 3 N–H and O–H groups in total. The number of anilines is 1. The number of aromatic nitrogens is 2. The van der Waals surface area contributed by atoms with Crippen LogP contribution in [-0.4, -0.2) is 34.9 Å². The fourth-order valence-corrected chi connectivity index (χ4v) is 2.99. The number of rotatable bonds is 8. The summed E-state index contributed by atoms with van der Waals surface area (Å²) in [5, 5.41) is 5.59. The Morgan fingerprint density at radius 2 is 2.00 bits per heavy atom. The van der Waals surface area contributed by atoms with Crippen molar-refractivity contribution in [1.29, 1.82) is 0 Å². The third kappa shape index (κ3) is 4.88. The molecule has 7 nitrogen and oxygen atoms in total. The summed E-state index contributed by atoms with van der Waals surface area (Å²) < 4.78 is 5.18. The van der Waals surface area contributed by atoms with E-state index in [1.54, 1.807) is 7.11 Å². The minimum Gasteiger partial charge on any atom is -0.497 e. The Kier molecular flexibility index (Phi) is 6.26. The second-order valence-electron chi connectivity index (χ2n) is 6.53. The van der Waals surface area contributed by atoms with Crippen molar-refractivity contribution in [2.24, 2.45) is 0 Å². The molecule has 7 heteroatoms. The molecule has 0 aliphatic heterocycles. The maximum atomic E-state index is 12.7. The van der Waals surface area contributed by atoms with Crippen molar-refractivity contribution in [2.45, 2.75) is 32.2 Å². The van der Waals surface area contributed by atoms with Crippen LogP contribution in [0.1, 0.15) is 25.3 Å². The molecule has 0 saturated carbocycles. The van der Waals surface area contributed by atoms with E-state index in [1.807, 2.05) is 55.5 Å². The van der Waals surface area contributed by atoms with Gasteiger partial charge in [-0.3, -0.25) is 14.9 Å². The zero-order chi connectivity index (χ0) is 19.9. The molecular weight excluding hydrogens is 356 g/mol. The average molecular weight is 380 g/mol. The fraction of sp³-hybridized carbons (Fsp3) is 0.286. The van der Waals surface area contributed by atoms with E-state index >= 15 is 0 Å². The molecule has 2 amide bonds. The highest BCUT2D eigenvalue weighted by Crippen LogP contribution is 2.15. The van der Waals surface area contributed by atoms with Gasteiger partial charge in [-0.2, -0.15) is 0 Å². The van der Waals surface area contributed by atoms with E-state index < -0.39 is 6.04 Å². The van der Waals surface area contributed by atoms with E-state index in [9.17, 15) is 9.59 Å². The highest BCUT2D eigenvalue weighted by atomic mass is 16.5. The second kappa shape index (κ2) is 9.03. The molecule has 0 aliphatic rings. The molecule has 28 heavy (non-hydrogen) atoms. The Hall–Kier alpha value is -3.35. The molecule has 1 aromatic heterocycles. The Morgan fingerprint density at radius 3 is 2.75 bits per heavy atom. The number of carbonyl (C=O) groups is 2. The van der Waals surface area contributed by atoms with Gasteiger partial charge in [0.1, 0.15) is 11.8 Å². The number of para-hydroxylation sites is 2. The molecule has 1 atom stereocenters. The van der Waals surface area contributed by atoms with Crippen molar-refractivity contribution in [3.8, 4) is 5.75 Å². The summed E-state index contributed by atoms with van der Waals surface area (Å²) in [7, 11) is 1.58. The molecular formula is C21H24N4O3. The molecule has 3 rings (SSSR count). The molecule has 0 unspecified atom stereocenters. The topological polar surface area (TPSA) is 96.1 Å². The van der Waals surface area contributed by atoms with Gasteiger partial charge in [0.2, 0.25) is 17.8 Å². The summed E-state index contributed by atoms with van der Waals surface area (Å²) in [4.78, 5) is 32.5. The minimum atomic E-state index is -0.628. The number of benzene rings is 2. The Balaban J connectivity index is 1.64. The molecule has 1 heterocycles. The van der Waals surface area contributed by atoms with Crippen molar-refractivity contribution < 1.29 is 14.3 Å². The lowest BCUT2D eigenvalue weighted by atomic mass is 10.1. The van der Waals surface area contributed by atoms with Crippen molar-refractivity contribution >= 4 is 28.8 Å². The number of nitrogens with zero attached hydrogens (tertiary/aromatic N) is 1. The first-order chi connectivity index (χ1) is 13.6. The fourth-order valence-electron chi connectivity index (χ4n) is 2.99. The largest absolute Gasteiger partial charge is 0.497 e. The van der Waals surface area contributed by atoms with Gasteiger partial charge in [0.25, 0.3) is 0 Å². The molecule has 0 radical (unpaired) electrons. The smallest absolute Gasteiger partial charge is 0.249 e. The number of aromatic amines is 1. The van der Waals surface area contributed by atoms with Crippen LogP contribution in [0, 0.1) is 0 Å². The summed E-state index contributed by atoms with van der Waals surface area (Å²) >= 11 is 0. The van der Waals surface area contributed by atoms with Crippen molar-refractivity contribution in [3.63, 3.8) is 0 Å². The minimum absolute atomic E-state index is 0.176. The number of fused-ring (bicyclic) bond motifs is 1. The Morgan fingerprint density at radius 1 is 1.18 bits per heavy atom. The van der Waals surface area contributed by atoms with Crippen LogP contribution in [-0.2, 0) is 16.0 Å². The SMILES string of the molecule is CCC[C@H](NC(=O)Cc1cccc(OC)c1)C(=O)Nc1nc2ccccc2[nH]1. The molecule has 2 aromatic carbocycles. The van der Waals surface area contributed by atoms with E-state index in [2.05, 4.69) is 20.6 Å². The van der Waals surface area contributed by atoms with Crippen LogP contribution < -0.4 is 15.4 Å². The van der Waals surface area contributed by atoms with Crippen LogP contribution in [0.5, 0.6) is 5.75 Å². The van der Waals surface area contributed by atoms with Gasteiger partial charge in [0.05, 0.1) is 24.6 Å². The number of methoxy groups -OCH3 is 1. The predicted octanol–water partition coefficient (Wildman–Crippen LogP) is 3.04. The van der Waals surface area contributed by atoms with Gasteiger partial charge in [-0.05, 0) is 36.2 Å². The molecule has 0 saturated heterocycles. The van der Waals surface area contributed by atoms with Gasteiger partial charge in [0.15, 0.2) is 0 Å². The lowest BCUT2D eigenvalue weighted by Crippen LogP contribution is -2.44. The molecule has 0 fully saturated rings. The van der Waals surface area contributed by atoms with E-state index in [1.165, 1.54) is 0 Å². The number of carbonyl (C=O) groups excluding carboxylic acids is 2. The van der Waals surface area contributed by atoms with Crippen LogP contribution in [0.4, 0.5) is 5.95 Å². The molecule has 0 bridgehead atoms. The molecule has 3 aromatic rings. The second-order valence-corrected chi connectivity index (χ2v) is 6.53. The summed E-state index contributed by atoms with van der Waals surface area (Å²) in [6.45, 7) is 1.97. The highest BCUT2D eigenvalue weighted by molar-refractivity contribution is 5.97. The van der Waals surface area contributed by atoms with Gasteiger partial charge in [-0.15, -0.1) is 0 Å². The number of imidazole rings is 1. The third-order valence-electron chi connectivity index (χ3n) is 4.36. The Bertz CT molecular complexity index is 934. The summed E-state index contributed by atoms with van der Waals surface area (Å²) in [6, 6.07) is 14.2. The zero-order valence-corrected chi connectivity index (χ0v) is 16.0. The monoisotopic (exact) mass is 380 g/mol. The van der Waals surface area contributed by atoms with Crippen molar-refractivity contribution in [2.75, 3.05) is 12.4 Å². The van der Waals surface area contributed by atoms with Crippen molar-refractivity contribution in [1.82, 2.24) is 15.3 Å². The van der Waals surface area contributed by atoms with E-state index in [-0.39, 0.29) is 18.2 Å². The summed E-state index contributed by atoms with van der Waals surface area (Å²) in [5.74, 6) is 0.554. The van der Waals surface area contributed by atoms with Gasteiger partial charge >= 0.3 is 0 Å². The zero-order valence-electron chi connectivity index (χ0n) is 16.0. The lowest BCUT2D eigenvalue weighted by Gasteiger charge is -2.17. The highest BCUT2D eigenvalue weighted by Gasteiger charge is 2.21.